The van der Waals surface area contributed by atoms with E-state index in [1.165, 1.54) is 12.8 Å². The van der Waals surface area contributed by atoms with E-state index in [4.69, 9.17) is 10.5 Å². The lowest BCUT2D eigenvalue weighted by Gasteiger charge is -2.21. The predicted octanol–water partition coefficient (Wildman–Crippen LogP) is 3.41. The smallest absolute Gasteiger partial charge is 0.216 e. The van der Waals surface area contributed by atoms with Gasteiger partial charge in [0.1, 0.15) is 0 Å². The Labute approximate surface area is 155 Å². The Hall–Kier alpha value is -2.40. The largest absolute Gasteiger partial charge is 0.477 e. The number of rotatable bonds is 8. The molecule has 0 amide bonds. The van der Waals surface area contributed by atoms with Gasteiger partial charge in [0.25, 0.3) is 0 Å². The number of hydrogen-bond acceptors (Lipinski definition) is 5. The molecular weight excluding hydrogens is 324 g/mol. The second kappa shape index (κ2) is 8.32. The van der Waals surface area contributed by atoms with Gasteiger partial charge in [-0.1, -0.05) is 13.5 Å². The normalized spacial score (nSPS) is 19.7. The maximum atomic E-state index is 6.20. The fraction of sp³-hybridized carbons (Fsp3) is 0.429. The van der Waals surface area contributed by atoms with Crippen molar-refractivity contribution < 1.29 is 4.74 Å². The summed E-state index contributed by atoms with van der Waals surface area (Å²) in [5.41, 5.74) is 11.3. The SMILES string of the molecule is C=C(CC)C1=C(C=NCc2cnc(OCC3CC3)c(C)c2)C(N)C=CN1. The molecule has 1 aliphatic heterocycles. The quantitative estimate of drug-likeness (QED) is 0.703. The summed E-state index contributed by atoms with van der Waals surface area (Å²) in [5.74, 6) is 1.46. The number of ether oxygens (including phenoxy) is 1. The molecule has 1 aliphatic carbocycles. The summed E-state index contributed by atoms with van der Waals surface area (Å²) in [7, 11) is 0. The number of nitrogens with zero attached hydrogens (tertiary/aromatic N) is 2. The zero-order valence-corrected chi connectivity index (χ0v) is 15.7. The molecule has 5 heteroatoms. The van der Waals surface area contributed by atoms with Crippen molar-refractivity contribution in [1.82, 2.24) is 10.3 Å². The Balaban J connectivity index is 1.65. The number of dihydropyridines is 1. The first-order valence-corrected chi connectivity index (χ1v) is 9.27. The summed E-state index contributed by atoms with van der Waals surface area (Å²) in [6.07, 6.45) is 10.9. The van der Waals surface area contributed by atoms with Gasteiger partial charge in [0.15, 0.2) is 0 Å². The number of aliphatic imine (C=N–C) groups is 1. The minimum Gasteiger partial charge on any atom is -0.477 e. The van der Waals surface area contributed by atoms with E-state index in [2.05, 4.69) is 34.9 Å². The van der Waals surface area contributed by atoms with Crippen LogP contribution in [0.15, 0.2) is 53.0 Å². The van der Waals surface area contributed by atoms with Gasteiger partial charge in [-0.3, -0.25) is 4.99 Å². The molecule has 1 atom stereocenters. The number of nitrogens with one attached hydrogen (secondary N) is 1. The van der Waals surface area contributed by atoms with Crippen molar-refractivity contribution in [3.05, 3.63) is 59.1 Å². The van der Waals surface area contributed by atoms with E-state index in [0.29, 0.717) is 6.54 Å². The summed E-state index contributed by atoms with van der Waals surface area (Å²) in [4.78, 5) is 9.02. The third-order valence-electron chi connectivity index (χ3n) is 4.70. The number of aromatic nitrogens is 1. The molecule has 1 unspecified atom stereocenters. The molecule has 0 saturated heterocycles. The maximum Gasteiger partial charge on any atom is 0.216 e. The van der Waals surface area contributed by atoms with E-state index < -0.39 is 0 Å². The van der Waals surface area contributed by atoms with Crippen molar-refractivity contribution in [2.75, 3.05) is 6.61 Å². The molecule has 1 fully saturated rings. The number of allylic oxidation sites excluding steroid dienone is 1. The van der Waals surface area contributed by atoms with Crippen LogP contribution in [0.4, 0.5) is 0 Å². The van der Waals surface area contributed by atoms with Gasteiger partial charge in [-0.15, -0.1) is 0 Å². The maximum absolute atomic E-state index is 6.20. The average molecular weight is 352 g/mol. The van der Waals surface area contributed by atoms with Gasteiger partial charge in [-0.2, -0.15) is 0 Å². The van der Waals surface area contributed by atoms with Crippen molar-refractivity contribution in [2.45, 2.75) is 45.7 Å². The molecule has 1 aromatic heterocycles. The van der Waals surface area contributed by atoms with Crippen LogP contribution in [0.5, 0.6) is 5.88 Å². The lowest BCUT2D eigenvalue weighted by Crippen LogP contribution is -2.30. The van der Waals surface area contributed by atoms with Gasteiger partial charge < -0.3 is 15.8 Å². The number of nitrogens with two attached hydrogens (primary N) is 1. The molecule has 26 heavy (non-hydrogen) atoms. The fourth-order valence-electron chi connectivity index (χ4n) is 2.81. The molecule has 1 aromatic rings. The Morgan fingerprint density at radius 3 is 3.00 bits per heavy atom. The van der Waals surface area contributed by atoms with E-state index in [-0.39, 0.29) is 6.04 Å². The Morgan fingerprint density at radius 2 is 2.31 bits per heavy atom. The van der Waals surface area contributed by atoms with Crippen LogP contribution < -0.4 is 15.8 Å². The molecule has 2 aliphatic rings. The van der Waals surface area contributed by atoms with Gasteiger partial charge in [0, 0.05) is 29.2 Å². The second-order valence-electron chi connectivity index (χ2n) is 7.01. The van der Waals surface area contributed by atoms with E-state index in [0.717, 1.165) is 52.8 Å². The third-order valence-corrected chi connectivity index (χ3v) is 4.70. The van der Waals surface area contributed by atoms with Gasteiger partial charge in [-0.05, 0) is 61.6 Å². The lowest BCUT2D eigenvalue weighted by atomic mass is 9.98. The van der Waals surface area contributed by atoms with Crippen LogP contribution in [-0.4, -0.2) is 23.8 Å². The molecule has 0 bridgehead atoms. The molecule has 0 spiro atoms. The topological polar surface area (TPSA) is 72.5 Å². The number of pyridine rings is 1. The highest BCUT2D eigenvalue weighted by molar-refractivity contribution is 5.83. The van der Waals surface area contributed by atoms with Crippen molar-refractivity contribution in [3.63, 3.8) is 0 Å². The van der Waals surface area contributed by atoms with Gasteiger partial charge in [0.05, 0.1) is 19.2 Å². The van der Waals surface area contributed by atoms with Crippen LogP contribution in [0.3, 0.4) is 0 Å². The predicted molar refractivity (Wildman–Crippen MR) is 106 cm³/mol. The van der Waals surface area contributed by atoms with E-state index in [1.807, 2.05) is 31.6 Å². The summed E-state index contributed by atoms with van der Waals surface area (Å²) in [5, 5.41) is 3.24. The Morgan fingerprint density at radius 1 is 1.50 bits per heavy atom. The highest BCUT2D eigenvalue weighted by Gasteiger charge is 2.22. The monoisotopic (exact) mass is 352 g/mol. The van der Waals surface area contributed by atoms with E-state index in [1.54, 1.807) is 0 Å². The van der Waals surface area contributed by atoms with Crippen molar-refractivity contribution in [1.29, 1.82) is 0 Å². The highest BCUT2D eigenvalue weighted by Crippen LogP contribution is 2.29. The summed E-state index contributed by atoms with van der Waals surface area (Å²) >= 11 is 0. The molecule has 5 nitrogen and oxygen atoms in total. The molecule has 138 valence electrons. The van der Waals surface area contributed by atoms with Crippen molar-refractivity contribution >= 4 is 6.21 Å². The molecule has 0 aromatic carbocycles. The minimum absolute atomic E-state index is 0.170. The van der Waals surface area contributed by atoms with Crippen LogP contribution in [0.1, 0.15) is 37.3 Å². The van der Waals surface area contributed by atoms with Gasteiger partial charge >= 0.3 is 0 Å². The van der Waals surface area contributed by atoms with Gasteiger partial charge in [-0.25, -0.2) is 4.98 Å². The first-order valence-electron chi connectivity index (χ1n) is 9.27. The fourth-order valence-corrected chi connectivity index (χ4v) is 2.81. The summed E-state index contributed by atoms with van der Waals surface area (Å²) < 4.78 is 5.78. The van der Waals surface area contributed by atoms with Crippen LogP contribution >= 0.6 is 0 Å². The molecular formula is C21H28N4O. The summed E-state index contributed by atoms with van der Waals surface area (Å²) in [6.45, 7) is 9.55. The first kappa shape index (κ1) is 18.4. The zero-order chi connectivity index (χ0) is 18.5. The first-order chi connectivity index (χ1) is 12.6. The Kier molecular flexibility index (Phi) is 5.89. The average Bonchev–Trinajstić information content (AvgIpc) is 3.46. The number of aryl methyl sites for hydroxylation is 1. The minimum atomic E-state index is -0.170. The van der Waals surface area contributed by atoms with Crippen molar-refractivity contribution in [2.24, 2.45) is 16.6 Å². The van der Waals surface area contributed by atoms with Gasteiger partial charge in [0.2, 0.25) is 5.88 Å². The molecule has 2 heterocycles. The lowest BCUT2D eigenvalue weighted by molar-refractivity contribution is 0.286. The Bertz CT molecular complexity index is 759. The van der Waals surface area contributed by atoms with Crippen molar-refractivity contribution in [3.8, 4) is 5.88 Å². The van der Waals surface area contributed by atoms with Crippen LogP contribution in [0.2, 0.25) is 0 Å². The van der Waals surface area contributed by atoms with E-state index >= 15 is 0 Å². The third kappa shape index (κ3) is 4.61. The molecule has 1 saturated carbocycles. The molecule has 3 N–H and O–H groups in total. The zero-order valence-electron chi connectivity index (χ0n) is 15.7. The van der Waals surface area contributed by atoms with Crippen LogP contribution in [0, 0.1) is 12.8 Å². The second-order valence-corrected chi connectivity index (χ2v) is 7.01. The summed E-state index contributed by atoms with van der Waals surface area (Å²) in [6, 6.07) is 1.92. The molecule has 0 radical (unpaired) electrons. The van der Waals surface area contributed by atoms with Crippen LogP contribution in [0.25, 0.3) is 0 Å². The van der Waals surface area contributed by atoms with E-state index in [9.17, 15) is 0 Å². The van der Waals surface area contributed by atoms with Crippen LogP contribution in [-0.2, 0) is 6.54 Å². The molecule has 3 rings (SSSR count). The highest BCUT2D eigenvalue weighted by atomic mass is 16.5. The number of hydrogen-bond donors (Lipinski definition) is 2. The standard InChI is InChI=1S/C21H28N4O/c1-4-14(2)20-18(19(22)7-8-24-20)12-23-10-17-9-15(3)21(25-11-17)26-13-16-5-6-16/h7-9,11-12,16,19,24H,2,4-6,10,13,22H2,1,3H3.